The first kappa shape index (κ1) is 5.78. The second-order valence-electron chi connectivity index (χ2n) is 7.03. The minimum atomic E-state index is 1.03. The van der Waals surface area contributed by atoms with Crippen molar-refractivity contribution in [3.8, 4) is 0 Å². The zero-order valence-corrected chi connectivity index (χ0v) is 7.95. The third kappa shape index (κ3) is 0.293. The molecule has 68 valence electrons. The van der Waals surface area contributed by atoms with Gasteiger partial charge in [0.15, 0.2) is 0 Å². The van der Waals surface area contributed by atoms with Crippen LogP contribution in [0.25, 0.3) is 0 Å². The first-order chi connectivity index (χ1) is 6.42. The van der Waals surface area contributed by atoms with E-state index >= 15 is 0 Å². The Morgan fingerprint density at radius 3 is 1.77 bits per heavy atom. The topological polar surface area (TPSA) is 0 Å². The molecule has 7 rings (SSSR count). The first-order valence-corrected chi connectivity index (χ1v) is 6.42. The molecule has 6 unspecified atom stereocenters. The Hall–Kier alpha value is 0. The highest BCUT2D eigenvalue weighted by Gasteiger charge is 2.87. The maximum Gasteiger partial charge on any atom is -0.0178 e. The normalized spacial score (nSPS) is 88.6. The summed E-state index contributed by atoms with van der Waals surface area (Å²) in [6, 6.07) is 0. The summed E-state index contributed by atoms with van der Waals surface area (Å²) >= 11 is 0. The SMILES string of the molecule is C1C2C3CC1C14C5CC1C2C3C4C5. The Bertz CT molecular complexity index is 306. The van der Waals surface area contributed by atoms with E-state index in [4.69, 9.17) is 0 Å². The van der Waals surface area contributed by atoms with Gasteiger partial charge in [0, 0.05) is 0 Å². The van der Waals surface area contributed by atoms with Gasteiger partial charge >= 0.3 is 0 Å². The number of hydrogen-bond acceptors (Lipinski definition) is 0. The standard InChI is InChI=1S/C13H16/c1-5-2-8-7(1)11-9-3-6-4-10(12(8)11)13(5,6)9/h5-12H,1-4H2. The van der Waals surface area contributed by atoms with Crippen molar-refractivity contribution < 1.29 is 0 Å². The zero-order valence-electron chi connectivity index (χ0n) is 7.95. The van der Waals surface area contributed by atoms with E-state index in [-0.39, 0.29) is 0 Å². The van der Waals surface area contributed by atoms with Gasteiger partial charge < -0.3 is 0 Å². The van der Waals surface area contributed by atoms with Crippen LogP contribution >= 0.6 is 0 Å². The summed E-state index contributed by atoms with van der Waals surface area (Å²) in [6.45, 7) is 0. The van der Waals surface area contributed by atoms with Gasteiger partial charge in [0.05, 0.1) is 0 Å². The zero-order chi connectivity index (χ0) is 7.95. The molecule has 7 fully saturated rings. The summed E-state index contributed by atoms with van der Waals surface area (Å²) in [7, 11) is 0. The van der Waals surface area contributed by atoms with Gasteiger partial charge in [0.25, 0.3) is 0 Å². The lowest BCUT2D eigenvalue weighted by atomic mass is 9.35. The molecule has 0 heterocycles. The Labute approximate surface area is 79.1 Å². The van der Waals surface area contributed by atoms with Crippen LogP contribution in [0, 0.1) is 52.8 Å². The second-order valence-corrected chi connectivity index (χ2v) is 7.03. The molecule has 0 N–H and O–H groups in total. The highest BCUT2D eigenvalue weighted by molar-refractivity contribution is 5.35. The Kier molecular flexibility index (Phi) is 0.558. The lowest BCUT2D eigenvalue weighted by Gasteiger charge is -2.70. The van der Waals surface area contributed by atoms with Crippen LogP contribution in [-0.2, 0) is 0 Å². The molecule has 0 aromatic carbocycles. The van der Waals surface area contributed by atoms with E-state index in [2.05, 4.69) is 0 Å². The molecule has 1 spiro atoms. The first-order valence-electron chi connectivity index (χ1n) is 6.42. The highest BCUT2D eigenvalue weighted by Crippen LogP contribution is 2.93. The maximum atomic E-state index is 1.69. The van der Waals surface area contributed by atoms with Gasteiger partial charge in [-0.2, -0.15) is 0 Å². The molecule has 6 atom stereocenters. The molecule has 6 bridgehead atoms. The molecule has 0 heteroatoms. The van der Waals surface area contributed by atoms with Crippen molar-refractivity contribution in [1.82, 2.24) is 0 Å². The average Bonchev–Trinajstić information content (AvgIpc) is 2.37. The molecule has 0 amide bonds. The summed E-state index contributed by atoms with van der Waals surface area (Å²) in [5, 5.41) is 0. The van der Waals surface area contributed by atoms with Crippen molar-refractivity contribution in [2.45, 2.75) is 25.7 Å². The quantitative estimate of drug-likeness (QED) is 0.527. The van der Waals surface area contributed by atoms with Gasteiger partial charge in [-0.05, 0) is 78.4 Å². The fraction of sp³-hybridized carbons (Fsp3) is 1.00. The van der Waals surface area contributed by atoms with Crippen molar-refractivity contribution in [2.75, 3.05) is 0 Å². The van der Waals surface area contributed by atoms with Crippen LogP contribution in [0.3, 0.4) is 0 Å². The third-order valence-electron chi connectivity index (χ3n) is 7.80. The van der Waals surface area contributed by atoms with Crippen LogP contribution in [0.5, 0.6) is 0 Å². The van der Waals surface area contributed by atoms with Crippen molar-refractivity contribution in [1.29, 1.82) is 0 Å². The van der Waals surface area contributed by atoms with E-state index in [0.717, 1.165) is 5.41 Å². The van der Waals surface area contributed by atoms with E-state index in [1.165, 1.54) is 47.3 Å². The van der Waals surface area contributed by atoms with Crippen LogP contribution in [0.4, 0.5) is 0 Å². The van der Waals surface area contributed by atoms with Gasteiger partial charge in [-0.15, -0.1) is 0 Å². The molecular formula is C13H16. The van der Waals surface area contributed by atoms with Gasteiger partial charge in [-0.3, -0.25) is 0 Å². The van der Waals surface area contributed by atoms with Crippen molar-refractivity contribution in [2.24, 2.45) is 52.8 Å². The lowest BCUT2D eigenvalue weighted by Crippen LogP contribution is -2.64. The van der Waals surface area contributed by atoms with Crippen LogP contribution in [0.15, 0.2) is 0 Å². The molecule has 0 aromatic heterocycles. The van der Waals surface area contributed by atoms with Crippen molar-refractivity contribution >= 4 is 0 Å². The van der Waals surface area contributed by atoms with Gasteiger partial charge in [-0.1, -0.05) is 0 Å². The second kappa shape index (κ2) is 1.26. The largest absolute Gasteiger partial charge is 0.0465 e. The number of hydrogen-bond donors (Lipinski definition) is 0. The molecule has 0 aromatic rings. The summed E-state index contributed by atoms with van der Waals surface area (Å²) in [5.74, 6) is 10.2. The fourth-order valence-electron chi connectivity index (χ4n) is 7.96. The summed E-state index contributed by atoms with van der Waals surface area (Å²) in [4.78, 5) is 0. The number of rotatable bonds is 0. The molecule has 7 aliphatic rings. The monoisotopic (exact) mass is 172 g/mol. The van der Waals surface area contributed by atoms with Gasteiger partial charge in [-0.25, -0.2) is 0 Å². The minimum Gasteiger partial charge on any atom is -0.0465 e. The van der Waals surface area contributed by atoms with E-state index < -0.39 is 0 Å². The third-order valence-corrected chi connectivity index (χ3v) is 7.80. The van der Waals surface area contributed by atoms with Crippen LogP contribution < -0.4 is 0 Å². The average molecular weight is 172 g/mol. The van der Waals surface area contributed by atoms with Crippen LogP contribution in [0.1, 0.15) is 25.7 Å². The lowest BCUT2D eigenvalue weighted by molar-refractivity contribution is -0.219. The van der Waals surface area contributed by atoms with Crippen LogP contribution in [-0.4, -0.2) is 0 Å². The minimum absolute atomic E-state index is 1.03. The predicted molar refractivity (Wildman–Crippen MR) is 48.8 cm³/mol. The van der Waals surface area contributed by atoms with Crippen LogP contribution in [0.2, 0.25) is 0 Å². The Morgan fingerprint density at radius 1 is 0.692 bits per heavy atom. The molecule has 7 saturated carbocycles. The van der Waals surface area contributed by atoms with E-state index in [9.17, 15) is 0 Å². The highest BCUT2D eigenvalue weighted by atomic mass is 14.9. The summed E-state index contributed by atoms with van der Waals surface area (Å²) in [6.07, 6.45) is 6.74. The van der Waals surface area contributed by atoms with Crippen molar-refractivity contribution in [3.63, 3.8) is 0 Å². The molecule has 0 aliphatic heterocycles. The van der Waals surface area contributed by atoms with Gasteiger partial charge in [0.1, 0.15) is 0 Å². The summed E-state index contributed by atoms with van der Waals surface area (Å²) < 4.78 is 0. The van der Waals surface area contributed by atoms with Crippen molar-refractivity contribution in [3.05, 3.63) is 0 Å². The molecule has 0 radical (unpaired) electrons. The fourth-order valence-corrected chi connectivity index (χ4v) is 7.96. The summed E-state index contributed by atoms with van der Waals surface area (Å²) in [5.41, 5.74) is 1.03. The van der Waals surface area contributed by atoms with Gasteiger partial charge in [0.2, 0.25) is 0 Å². The van der Waals surface area contributed by atoms with E-state index in [0.29, 0.717) is 0 Å². The smallest absolute Gasteiger partial charge is 0.0178 e. The molecular weight excluding hydrogens is 156 g/mol. The molecule has 0 nitrogen and oxygen atoms in total. The van der Waals surface area contributed by atoms with E-state index in [1.807, 2.05) is 0 Å². The predicted octanol–water partition coefficient (Wildman–Crippen LogP) is 2.54. The Morgan fingerprint density at radius 2 is 1.23 bits per heavy atom. The maximum absolute atomic E-state index is 1.69. The molecule has 0 saturated heterocycles. The molecule has 13 heavy (non-hydrogen) atoms. The van der Waals surface area contributed by atoms with E-state index in [1.54, 1.807) is 25.7 Å². The Balaban J connectivity index is 1.74. The molecule has 7 aliphatic carbocycles.